The van der Waals surface area contributed by atoms with Crippen molar-refractivity contribution in [1.29, 1.82) is 0 Å². The van der Waals surface area contributed by atoms with E-state index in [0.717, 1.165) is 16.7 Å². The van der Waals surface area contributed by atoms with Crippen molar-refractivity contribution in [1.82, 2.24) is 0 Å². The molecule has 0 saturated carbocycles. The van der Waals surface area contributed by atoms with E-state index in [9.17, 15) is 9.50 Å². The first-order valence-corrected chi connectivity index (χ1v) is 6.54. The highest BCUT2D eigenvalue weighted by atomic mass is 35.5. The molecule has 0 aliphatic heterocycles. The van der Waals surface area contributed by atoms with Gasteiger partial charge in [-0.05, 0) is 48.7 Å². The van der Waals surface area contributed by atoms with E-state index >= 15 is 0 Å². The molecule has 2 aromatic carbocycles. The Kier molecular flexibility index (Phi) is 4.23. The van der Waals surface area contributed by atoms with Gasteiger partial charge in [0.1, 0.15) is 5.82 Å². The molecule has 0 bridgehead atoms. The molecule has 1 unspecified atom stereocenters. The van der Waals surface area contributed by atoms with E-state index in [1.807, 2.05) is 32.0 Å². The minimum absolute atomic E-state index is 0.219. The van der Waals surface area contributed by atoms with Gasteiger partial charge in [0.2, 0.25) is 0 Å². The Morgan fingerprint density at radius 1 is 1.16 bits per heavy atom. The average molecular weight is 279 g/mol. The van der Waals surface area contributed by atoms with Gasteiger partial charge in [0.25, 0.3) is 0 Å². The number of hydrogen-bond donors (Lipinski definition) is 1. The topological polar surface area (TPSA) is 20.2 Å². The van der Waals surface area contributed by atoms with Crippen LogP contribution in [0.15, 0.2) is 36.4 Å². The van der Waals surface area contributed by atoms with Gasteiger partial charge in [0, 0.05) is 11.4 Å². The first-order valence-electron chi connectivity index (χ1n) is 6.16. The molecule has 1 nitrogen and oxygen atoms in total. The lowest BCUT2D eigenvalue weighted by molar-refractivity contribution is 0.176. The molecule has 0 aromatic heterocycles. The molecule has 1 atom stereocenters. The van der Waals surface area contributed by atoms with Crippen molar-refractivity contribution >= 4 is 11.6 Å². The lowest BCUT2D eigenvalue weighted by atomic mass is 9.96. The van der Waals surface area contributed by atoms with E-state index in [4.69, 9.17) is 11.6 Å². The molecule has 0 aliphatic carbocycles. The van der Waals surface area contributed by atoms with Crippen LogP contribution in [-0.2, 0) is 6.42 Å². The Morgan fingerprint density at radius 3 is 2.58 bits per heavy atom. The summed E-state index contributed by atoms with van der Waals surface area (Å²) < 4.78 is 13.6. The summed E-state index contributed by atoms with van der Waals surface area (Å²) in [6.07, 6.45) is -0.510. The van der Waals surface area contributed by atoms with E-state index in [-0.39, 0.29) is 12.2 Å². The summed E-state index contributed by atoms with van der Waals surface area (Å²) in [4.78, 5) is 0. The standard InChI is InChI=1S/C16H16ClFO/c1-10-3-5-14(11(2)7-10)16(19)9-12-8-13(17)4-6-15(12)18/h3-8,16,19H,9H2,1-2H3. The number of benzene rings is 2. The molecule has 0 radical (unpaired) electrons. The van der Waals surface area contributed by atoms with Crippen molar-refractivity contribution in [3.05, 3.63) is 69.5 Å². The van der Waals surface area contributed by atoms with Crippen LogP contribution in [0.5, 0.6) is 0 Å². The van der Waals surface area contributed by atoms with E-state index in [0.29, 0.717) is 10.6 Å². The van der Waals surface area contributed by atoms with Crippen molar-refractivity contribution in [2.24, 2.45) is 0 Å². The zero-order valence-electron chi connectivity index (χ0n) is 11.0. The molecule has 0 saturated heterocycles. The summed E-state index contributed by atoms with van der Waals surface area (Å²) >= 11 is 5.85. The number of halogens is 2. The molecule has 2 rings (SSSR count). The Bertz CT molecular complexity index is 595. The maximum atomic E-state index is 13.6. The van der Waals surface area contributed by atoms with Gasteiger partial charge in [-0.25, -0.2) is 4.39 Å². The van der Waals surface area contributed by atoms with Crippen LogP contribution >= 0.6 is 11.6 Å². The van der Waals surface area contributed by atoms with Crippen LogP contribution in [0.2, 0.25) is 5.02 Å². The van der Waals surface area contributed by atoms with Crippen molar-refractivity contribution in [2.45, 2.75) is 26.4 Å². The first kappa shape index (κ1) is 14.0. The molecular weight excluding hydrogens is 263 g/mol. The van der Waals surface area contributed by atoms with Gasteiger partial charge in [-0.1, -0.05) is 35.4 Å². The lowest BCUT2D eigenvalue weighted by Crippen LogP contribution is -2.05. The van der Waals surface area contributed by atoms with Crippen molar-refractivity contribution in [2.75, 3.05) is 0 Å². The third-order valence-corrected chi connectivity index (χ3v) is 3.44. The fourth-order valence-corrected chi connectivity index (χ4v) is 2.41. The Hall–Kier alpha value is -1.38. The van der Waals surface area contributed by atoms with Crippen LogP contribution in [0.3, 0.4) is 0 Å². The maximum Gasteiger partial charge on any atom is 0.126 e. The second-order valence-electron chi connectivity index (χ2n) is 4.82. The molecule has 0 fully saturated rings. The quantitative estimate of drug-likeness (QED) is 0.884. The lowest BCUT2D eigenvalue weighted by Gasteiger charge is -2.15. The summed E-state index contributed by atoms with van der Waals surface area (Å²) in [6.45, 7) is 3.94. The summed E-state index contributed by atoms with van der Waals surface area (Å²) in [7, 11) is 0. The first-order chi connectivity index (χ1) is 8.97. The number of aryl methyl sites for hydroxylation is 2. The van der Waals surface area contributed by atoms with Crippen molar-refractivity contribution < 1.29 is 9.50 Å². The Morgan fingerprint density at radius 2 is 1.89 bits per heavy atom. The third-order valence-electron chi connectivity index (χ3n) is 3.21. The fraction of sp³-hybridized carbons (Fsp3) is 0.250. The summed E-state index contributed by atoms with van der Waals surface area (Å²) in [5, 5.41) is 10.7. The molecule has 3 heteroatoms. The average Bonchev–Trinajstić information content (AvgIpc) is 2.33. The smallest absolute Gasteiger partial charge is 0.126 e. The van der Waals surface area contributed by atoms with Gasteiger partial charge in [-0.2, -0.15) is 0 Å². The molecule has 100 valence electrons. The van der Waals surface area contributed by atoms with Gasteiger partial charge in [0.15, 0.2) is 0 Å². The van der Waals surface area contributed by atoms with Crippen molar-refractivity contribution in [3.8, 4) is 0 Å². The molecule has 0 amide bonds. The van der Waals surface area contributed by atoms with E-state index in [1.165, 1.54) is 12.1 Å². The molecule has 0 heterocycles. The monoisotopic (exact) mass is 278 g/mol. The molecule has 1 N–H and O–H groups in total. The van der Waals surface area contributed by atoms with Gasteiger partial charge in [-0.3, -0.25) is 0 Å². The molecule has 0 spiro atoms. The van der Waals surface area contributed by atoms with Crippen LogP contribution in [0.1, 0.15) is 28.4 Å². The van der Waals surface area contributed by atoms with E-state index in [2.05, 4.69) is 0 Å². The van der Waals surface area contributed by atoms with Crippen molar-refractivity contribution in [3.63, 3.8) is 0 Å². The summed E-state index contributed by atoms with van der Waals surface area (Å²) in [5.41, 5.74) is 3.40. The summed E-state index contributed by atoms with van der Waals surface area (Å²) in [5.74, 6) is -0.340. The number of rotatable bonds is 3. The minimum Gasteiger partial charge on any atom is -0.388 e. The zero-order chi connectivity index (χ0) is 14.0. The minimum atomic E-state index is -0.728. The van der Waals surface area contributed by atoms with Crippen LogP contribution in [0.4, 0.5) is 4.39 Å². The highest BCUT2D eigenvalue weighted by Gasteiger charge is 2.14. The Labute approximate surface area is 117 Å². The van der Waals surface area contributed by atoms with E-state index < -0.39 is 6.10 Å². The van der Waals surface area contributed by atoms with Crippen LogP contribution in [0.25, 0.3) is 0 Å². The van der Waals surface area contributed by atoms with Crippen LogP contribution in [0, 0.1) is 19.7 Å². The fourth-order valence-electron chi connectivity index (χ4n) is 2.22. The number of aliphatic hydroxyl groups is 1. The molecular formula is C16H16ClFO. The maximum absolute atomic E-state index is 13.6. The zero-order valence-corrected chi connectivity index (χ0v) is 11.7. The van der Waals surface area contributed by atoms with Gasteiger partial charge >= 0.3 is 0 Å². The second-order valence-corrected chi connectivity index (χ2v) is 5.25. The van der Waals surface area contributed by atoms with Gasteiger partial charge in [-0.15, -0.1) is 0 Å². The predicted molar refractivity (Wildman–Crippen MR) is 76.0 cm³/mol. The third kappa shape index (κ3) is 3.34. The number of hydrogen-bond acceptors (Lipinski definition) is 1. The van der Waals surface area contributed by atoms with E-state index in [1.54, 1.807) is 6.07 Å². The number of aliphatic hydroxyl groups excluding tert-OH is 1. The molecule has 19 heavy (non-hydrogen) atoms. The molecule has 0 aliphatic rings. The summed E-state index contributed by atoms with van der Waals surface area (Å²) in [6, 6.07) is 10.2. The second kappa shape index (κ2) is 5.72. The SMILES string of the molecule is Cc1ccc(C(O)Cc2cc(Cl)ccc2F)c(C)c1. The van der Waals surface area contributed by atoms with Crippen LogP contribution in [-0.4, -0.2) is 5.11 Å². The van der Waals surface area contributed by atoms with Gasteiger partial charge in [0.05, 0.1) is 6.10 Å². The van der Waals surface area contributed by atoms with Gasteiger partial charge < -0.3 is 5.11 Å². The normalized spacial score (nSPS) is 12.5. The predicted octanol–water partition coefficient (Wildman–Crippen LogP) is 4.37. The highest BCUT2D eigenvalue weighted by Crippen LogP contribution is 2.25. The molecule has 2 aromatic rings. The Balaban J connectivity index is 2.25. The largest absolute Gasteiger partial charge is 0.388 e. The highest BCUT2D eigenvalue weighted by molar-refractivity contribution is 6.30. The van der Waals surface area contributed by atoms with Crippen LogP contribution < -0.4 is 0 Å².